The van der Waals surface area contributed by atoms with Crippen LogP contribution in [0.5, 0.6) is 0 Å². The Labute approximate surface area is 81.8 Å². The predicted octanol–water partition coefficient (Wildman–Crippen LogP) is 4.05. The van der Waals surface area contributed by atoms with Crippen molar-refractivity contribution in [3.05, 3.63) is 24.3 Å². The molecule has 0 aromatic rings. The van der Waals surface area contributed by atoms with E-state index in [1.54, 1.807) is 0 Å². The molecule has 0 aliphatic rings. The van der Waals surface area contributed by atoms with Crippen LogP contribution in [0.2, 0.25) is 0 Å². The second kappa shape index (κ2) is 4.66. The molecule has 0 aliphatic heterocycles. The molecule has 0 amide bonds. The topological polar surface area (TPSA) is 9.23 Å². The fourth-order valence-corrected chi connectivity index (χ4v) is 0.440. The molecule has 0 radical (unpaired) electrons. The molecule has 0 rings (SSSR count). The Hall–Kier alpha value is -1.35. The van der Waals surface area contributed by atoms with Crippen LogP contribution in [-0.2, 0) is 4.74 Å². The van der Waals surface area contributed by atoms with Crippen LogP contribution in [0, 0.1) is 0 Å². The zero-order chi connectivity index (χ0) is 13.1. The summed E-state index contributed by atoms with van der Waals surface area (Å²) in [7, 11) is 0. The van der Waals surface area contributed by atoms with Gasteiger partial charge in [0.2, 0.25) is 0 Å². The Kier molecular flexibility index (Phi) is 4.27. The third-order valence-electron chi connectivity index (χ3n) is 1.04. The number of hydrogen-bond donors (Lipinski definition) is 0. The highest BCUT2D eigenvalue weighted by molar-refractivity contribution is 5.01. The highest BCUT2D eigenvalue weighted by Crippen LogP contribution is 2.39. The fourth-order valence-electron chi connectivity index (χ4n) is 0.440. The maximum absolute atomic E-state index is 12.2. The third kappa shape index (κ3) is 3.66. The number of alkyl halides is 4. The molecule has 0 aliphatic carbocycles. The second-order valence-electron chi connectivity index (χ2n) is 2.21. The Morgan fingerprint density at radius 1 is 0.875 bits per heavy atom. The first-order valence-electron chi connectivity index (χ1n) is 3.19. The minimum absolute atomic E-state index is 1.55. The zero-order valence-corrected chi connectivity index (χ0v) is 6.89. The Bertz CT molecular complexity index is 310. The number of halogens is 9. The maximum Gasteiger partial charge on any atom is 0.470 e. The van der Waals surface area contributed by atoms with E-state index in [-0.39, 0.29) is 0 Å². The molecule has 0 aromatic carbocycles. The standard InChI is InChI=1S/C6HF9O/c7-2(8)1-5(12,13)6(14,15)16-4(11)3(9)10/h1H. The summed E-state index contributed by atoms with van der Waals surface area (Å²) in [5, 5.41) is 0. The van der Waals surface area contributed by atoms with Crippen molar-refractivity contribution in [2.75, 3.05) is 0 Å². The van der Waals surface area contributed by atoms with Crippen molar-refractivity contribution in [3.8, 4) is 0 Å². The van der Waals surface area contributed by atoms with Gasteiger partial charge in [-0.15, -0.1) is 0 Å². The van der Waals surface area contributed by atoms with Crippen LogP contribution in [0.15, 0.2) is 24.3 Å². The molecule has 0 atom stereocenters. The SMILES string of the molecule is FC(F)=CC(F)(F)C(F)(F)OC(F)=C(F)F. The van der Waals surface area contributed by atoms with E-state index >= 15 is 0 Å². The van der Waals surface area contributed by atoms with E-state index in [1.165, 1.54) is 0 Å². The van der Waals surface area contributed by atoms with Gasteiger partial charge in [-0.2, -0.15) is 39.5 Å². The van der Waals surface area contributed by atoms with E-state index < -0.39 is 36.3 Å². The van der Waals surface area contributed by atoms with E-state index in [0.717, 1.165) is 0 Å². The molecular weight excluding hydrogens is 259 g/mol. The maximum atomic E-state index is 12.2. The zero-order valence-electron chi connectivity index (χ0n) is 6.89. The quantitative estimate of drug-likeness (QED) is 0.547. The van der Waals surface area contributed by atoms with Gasteiger partial charge in [-0.1, -0.05) is 0 Å². The number of ether oxygens (including phenoxy) is 1. The first-order valence-corrected chi connectivity index (χ1v) is 3.19. The predicted molar refractivity (Wildman–Crippen MR) is 31.6 cm³/mol. The summed E-state index contributed by atoms with van der Waals surface area (Å²) in [6, 6.07) is -3.28. The van der Waals surface area contributed by atoms with E-state index in [1.807, 2.05) is 0 Å². The van der Waals surface area contributed by atoms with Crippen molar-refractivity contribution >= 4 is 0 Å². The lowest BCUT2D eigenvalue weighted by atomic mass is 10.3. The smallest absolute Gasteiger partial charge is 0.397 e. The monoisotopic (exact) mass is 260 g/mol. The fraction of sp³-hybridized carbons (Fsp3) is 0.333. The molecule has 1 nitrogen and oxygen atoms in total. The average Bonchev–Trinajstić information content (AvgIpc) is 1.99. The van der Waals surface area contributed by atoms with Gasteiger partial charge in [0, 0.05) is 0 Å². The number of hydrogen-bond acceptors (Lipinski definition) is 1. The summed E-state index contributed by atoms with van der Waals surface area (Å²) in [6.45, 7) is 0. The van der Waals surface area contributed by atoms with Gasteiger partial charge in [0.1, 0.15) is 0 Å². The Morgan fingerprint density at radius 2 is 1.31 bits per heavy atom. The van der Waals surface area contributed by atoms with E-state index in [0.29, 0.717) is 0 Å². The molecule has 0 aromatic heterocycles. The summed E-state index contributed by atoms with van der Waals surface area (Å²) in [5.41, 5.74) is 0. The van der Waals surface area contributed by atoms with Gasteiger partial charge < -0.3 is 4.74 Å². The normalized spacial score (nSPS) is 12.1. The van der Waals surface area contributed by atoms with Gasteiger partial charge in [0.15, 0.2) is 0 Å². The molecular formula is C6HF9O. The molecule has 16 heavy (non-hydrogen) atoms. The first-order chi connectivity index (χ1) is 6.99. The molecule has 10 heteroatoms. The van der Waals surface area contributed by atoms with Gasteiger partial charge in [0.25, 0.3) is 6.08 Å². The minimum Gasteiger partial charge on any atom is -0.397 e. The van der Waals surface area contributed by atoms with Crippen LogP contribution in [0.4, 0.5) is 39.5 Å². The van der Waals surface area contributed by atoms with Crippen molar-refractivity contribution in [2.24, 2.45) is 0 Å². The van der Waals surface area contributed by atoms with Crippen LogP contribution in [0.25, 0.3) is 0 Å². The van der Waals surface area contributed by atoms with Crippen LogP contribution in [-0.4, -0.2) is 12.0 Å². The van der Waals surface area contributed by atoms with Gasteiger partial charge in [-0.05, 0) is 0 Å². The summed E-state index contributed by atoms with van der Waals surface area (Å²) in [6.07, 6.45) is -14.1. The van der Waals surface area contributed by atoms with Gasteiger partial charge in [0.05, 0.1) is 6.08 Å². The molecule has 0 N–H and O–H groups in total. The lowest BCUT2D eigenvalue weighted by Crippen LogP contribution is -2.41. The van der Waals surface area contributed by atoms with Crippen LogP contribution >= 0.6 is 0 Å². The van der Waals surface area contributed by atoms with Gasteiger partial charge in [-0.3, -0.25) is 0 Å². The minimum atomic E-state index is -5.87. The van der Waals surface area contributed by atoms with Crippen LogP contribution < -0.4 is 0 Å². The average molecular weight is 260 g/mol. The molecule has 0 unspecified atom stereocenters. The van der Waals surface area contributed by atoms with E-state index in [2.05, 4.69) is 4.74 Å². The highest BCUT2D eigenvalue weighted by Gasteiger charge is 2.59. The number of rotatable bonds is 4. The Morgan fingerprint density at radius 3 is 1.62 bits per heavy atom. The van der Waals surface area contributed by atoms with E-state index in [4.69, 9.17) is 0 Å². The lowest BCUT2D eigenvalue weighted by Gasteiger charge is -2.22. The highest BCUT2D eigenvalue weighted by atomic mass is 19.3. The molecule has 0 bridgehead atoms. The van der Waals surface area contributed by atoms with Gasteiger partial charge in [-0.25, -0.2) is 0 Å². The lowest BCUT2D eigenvalue weighted by molar-refractivity contribution is -0.323. The summed E-state index contributed by atoms with van der Waals surface area (Å²) < 4.78 is 108. The van der Waals surface area contributed by atoms with Crippen molar-refractivity contribution < 1.29 is 44.3 Å². The molecule has 0 saturated heterocycles. The molecule has 0 saturated carbocycles. The molecule has 94 valence electrons. The molecule has 0 spiro atoms. The summed E-state index contributed by atoms with van der Waals surface area (Å²) >= 11 is 0. The van der Waals surface area contributed by atoms with E-state index in [9.17, 15) is 39.5 Å². The van der Waals surface area contributed by atoms with Crippen molar-refractivity contribution in [1.82, 2.24) is 0 Å². The first kappa shape index (κ1) is 14.7. The molecule has 0 fully saturated rings. The largest absolute Gasteiger partial charge is 0.470 e. The van der Waals surface area contributed by atoms with Gasteiger partial charge >= 0.3 is 24.1 Å². The van der Waals surface area contributed by atoms with Crippen LogP contribution in [0.3, 0.4) is 0 Å². The van der Waals surface area contributed by atoms with Crippen molar-refractivity contribution in [3.63, 3.8) is 0 Å². The Balaban J connectivity index is 5.06. The van der Waals surface area contributed by atoms with Crippen molar-refractivity contribution in [2.45, 2.75) is 12.0 Å². The van der Waals surface area contributed by atoms with Crippen LogP contribution in [0.1, 0.15) is 0 Å². The second-order valence-corrected chi connectivity index (χ2v) is 2.21. The van der Waals surface area contributed by atoms with Crippen molar-refractivity contribution in [1.29, 1.82) is 0 Å². The third-order valence-corrected chi connectivity index (χ3v) is 1.04. The summed E-state index contributed by atoms with van der Waals surface area (Å²) in [4.78, 5) is 0. The summed E-state index contributed by atoms with van der Waals surface area (Å²) in [5.74, 6) is -5.64. The molecule has 0 heterocycles.